The maximum absolute atomic E-state index is 12.8. The lowest BCUT2D eigenvalue weighted by Gasteiger charge is -2.38. The molecule has 8 N–H and O–H groups in total. The molecule has 2 aromatic carbocycles. The van der Waals surface area contributed by atoms with Crippen molar-refractivity contribution in [2.75, 3.05) is 25.0 Å². The lowest BCUT2D eigenvalue weighted by atomic mass is 9.86. The summed E-state index contributed by atoms with van der Waals surface area (Å²) in [5.74, 6) is 7.33. The number of allylic oxidation sites excluding steroid dienone is 1. The minimum atomic E-state index is -0.517. The Hall–Kier alpha value is -4.51. The third-order valence-electron chi connectivity index (χ3n) is 7.87. The van der Waals surface area contributed by atoms with Crippen LogP contribution in [0.4, 0.5) is 5.82 Å². The standard InChI is InChI=1S/C30H38N8O3/c31-22(19-35-33)5-4-8-26(39)37-17-14-20(15-18-37)25-13-16-34-30-27(29(32)40)28(36-38(25)30)21-9-11-24(12-10-21)41-23-6-2-1-3-7-23/h1-3,6-7,9-12,19-20,25,34-35H,4-5,8,13-18,31,33H2,(H2,32,40)/b22-19-/t25-/m0/s1. The fraction of sp³-hybridized carbons (Fsp3) is 0.367. The number of amides is 2. The number of rotatable bonds is 10. The van der Waals surface area contributed by atoms with Gasteiger partial charge in [0.2, 0.25) is 5.91 Å². The van der Waals surface area contributed by atoms with Gasteiger partial charge in [0, 0.05) is 43.5 Å². The molecule has 11 heteroatoms. The van der Waals surface area contributed by atoms with Gasteiger partial charge in [-0.15, -0.1) is 0 Å². The largest absolute Gasteiger partial charge is 0.457 e. The van der Waals surface area contributed by atoms with Crippen molar-refractivity contribution in [1.82, 2.24) is 20.1 Å². The number of fused-ring (bicyclic) bond motifs is 1. The van der Waals surface area contributed by atoms with Gasteiger partial charge >= 0.3 is 0 Å². The zero-order valence-electron chi connectivity index (χ0n) is 23.1. The van der Waals surface area contributed by atoms with Gasteiger partial charge in [-0.2, -0.15) is 5.10 Å². The Kier molecular flexibility index (Phi) is 8.73. The van der Waals surface area contributed by atoms with E-state index >= 15 is 0 Å². The van der Waals surface area contributed by atoms with Crippen LogP contribution in [0, 0.1) is 5.92 Å². The molecule has 0 radical (unpaired) electrons. The second kappa shape index (κ2) is 12.8. The maximum Gasteiger partial charge on any atom is 0.254 e. The number of carbonyl (C=O) groups is 2. The van der Waals surface area contributed by atoms with Gasteiger partial charge in [-0.3, -0.25) is 15.4 Å². The van der Waals surface area contributed by atoms with Crippen molar-refractivity contribution in [3.63, 3.8) is 0 Å². The van der Waals surface area contributed by atoms with Crippen LogP contribution in [0.25, 0.3) is 11.3 Å². The minimum Gasteiger partial charge on any atom is -0.457 e. The van der Waals surface area contributed by atoms with Gasteiger partial charge < -0.3 is 31.8 Å². The van der Waals surface area contributed by atoms with Gasteiger partial charge in [0.05, 0.1) is 6.04 Å². The molecular weight excluding hydrogens is 520 g/mol. The Morgan fingerprint density at radius 2 is 1.71 bits per heavy atom. The van der Waals surface area contributed by atoms with E-state index in [-0.39, 0.29) is 11.9 Å². The number of para-hydroxylation sites is 1. The van der Waals surface area contributed by atoms with Crippen LogP contribution in [0.15, 0.2) is 66.5 Å². The second-order valence-corrected chi connectivity index (χ2v) is 10.6. The molecule has 3 aromatic rings. The van der Waals surface area contributed by atoms with Crippen LogP contribution in [-0.2, 0) is 4.79 Å². The summed E-state index contributed by atoms with van der Waals surface area (Å²) in [7, 11) is 0. The molecule has 1 atom stereocenters. The smallest absolute Gasteiger partial charge is 0.254 e. The average molecular weight is 559 g/mol. The summed E-state index contributed by atoms with van der Waals surface area (Å²) in [6.07, 6.45) is 5.95. The molecule has 41 heavy (non-hydrogen) atoms. The number of nitrogens with zero attached hydrogens (tertiary/aromatic N) is 3. The first-order valence-electron chi connectivity index (χ1n) is 14.1. The third-order valence-corrected chi connectivity index (χ3v) is 7.87. The monoisotopic (exact) mass is 558 g/mol. The highest BCUT2D eigenvalue weighted by Crippen LogP contribution is 2.40. The highest BCUT2D eigenvalue weighted by Gasteiger charge is 2.35. The van der Waals surface area contributed by atoms with Gasteiger partial charge in [-0.25, -0.2) is 4.68 Å². The van der Waals surface area contributed by atoms with Gasteiger partial charge in [0.25, 0.3) is 5.91 Å². The summed E-state index contributed by atoms with van der Waals surface area (Å²) in [5, 5.41) is 8.31. The molecule has 216 valence electrons. The number of likely N-dealkylation sites (tertiary alicyclic amines) is 1. The summed E-state index contributed by atoms with van der Waals surface area (Å²) in [6.45, 7) is 2.14. The van der Waals surface area contributed by atoms with Crippen LogP contribution < -0.4 is 32.8 Å². The first-order valence-corrected chi connectivity index (χ1v) is 14.1. The number of piperidine rings is 1. The molecule has 1 fully saturated rings. The number of nitrogens with one attached hydrogen (secondary N) is 2. The number of carbonyl (C=O) groups excluding carboxylic acids is 2. The van der Waals surface area contributed by atoms with E-state index in [4.69, 9.17) is 27.1 Å². The molecule has 0 spiro atoms. The van der Waals surface area contributed by atoms with Gasteiger partial charge in [0.1, 0.15) is 28.6 Å². The van der Waals surface area contributed by atoms with Gasteiger partial charge in [0.15, 0.2) is 0 Å². The van der Waals surface area contributed by atoms with E-state index in [1.165, 1.54) is 0 Å². The number of hydrogen-bond donors (Lipinski definition) is 5. The number of hydrazine groups is 1. The van der Waals surface area contributed by atoms with Crippen molar-refractivity contribution in [2.45, 2.75) is 44.6 Å². The van der Waals surface area contributed by atoms with E-state index in [0.717, 1.165) is 37.1 Å². The van der Waals surface area contributed by atoms with Gasteiger partial charge in [-0.1, -0.05) is 18.2 Å². The Morgan fingerprint density at radius 3 is 2.39 bits per heavy atom. The lowest BCUT2D eigenvalue weighted by molar-refractivity contribution is -0.132. The highest BCUT2D eigenvalue weighted by atomic mass is 16.5. The molecule has 11 nitrogen and oxygen atoms in total. The van der Waals surface area contributed by atoms with Crippen molar-refractivity contribution >= 4 is 17.6 Å². The van der Waals surface area contributed by atoms with Crippen LogP contribution in [-0.4, -0.2) is 46.1 Å². The van der Waals surface area contributed by atoms with Crippen LogP contribution in [0.1, 0.15) is 54.9 Å². The summed E-state index contributed by atoms with van der Waals surface area (Å²) in [6, 6.07) is 17.2. The van der Waals surface area contributed by atoms with Crippen molar-refractivity contribution in [3.8, 4) is 22.8 Å². The number of nitrogens with two attached hydrogens (primary N) is 3. The Balaban J connectivity index is 1.27. The fourth-order valence-electron chi connectivity index (χ4n) is 5.80. The predicted molar refractivity (Wildman–Crippen MR) is 158 cm³/mol. The molecule has 1 saturated heterocycles. The predicted octanol–water partition coefficient (Wildman–Crippen LogP) is 3.47. The van der Waals surface area contributed by atoms with E-state index < -0.39 is 5.91 Å². The molecule has 2 amide bonds. The minimum absolute atomic E-state index is 0.115. The summed E-state index contributed by atoms with van der Waals surface area (Å²) >= 11 is 0. The van der Waals surface area contributed by atoms with Crippen molar-refractivity contribution in [1.29, 1.82) is 0 Å². The van der Waals surface area contributed by atoms with Crippen LogP contribution in [0.2, 0.25) is 0 Å². The molecule has 0 saturated carbocycles. The molecule has 2 aliphatic rings. The zero-order chi connectivity index (χ0) is 28.8. The van der Waals surface area contributed by atoms with E-state index in [0.29, 0.717) is 66.8 Å². The first kappa shape index (κ1) is 28.0. The first-order chi connectivity index (χ1) is 19.9. The summed E-state index contributed by atoms with van der Waals surface area (Å²) in [4.78, 5) is 27.3. The molecule has 0 bridgehead atoms. The molecule has 0 aliphatic carbocycles. The number of hydrogen-bond acceptors (Lipinski definition) is 8. The number of anilines is 1. The molecule has 2 aliphatic heterocycles. The van der Waals surface area contributed by atoms with Crippen molar-refractivity contribution in [3.05, 3.63) is 72.1 Å². The Morgan fingerprint density at radius 1 is 1.00 bits per heavy atom. The second-order valence-electron chi connectivity index (χ2n) is 10.6. The lowest BCUT2D eigenvalue weighted by Crippen LogP contribution is -2.41. The molecular formula is C30H38N8O3. The fourth-order valence-corrected chi connectivity index (χ4v) is 5.80. The highest BCUT2D eigenvalue weighted by molar-refractivity contribution is 6.03. The number of ether oxygens (including phenoxy) is 1. The average Bonchev–Trinajstić information content (AvgIpc) is 3.38. The zero-order valence-corrected chi connectivity index (χ0v) is 23.1. The molecule has 1 aromatic heterocycles. The molecule has 0 unspecified atom stereocenters. The topological polar surface area (TPSA) is 167 Å². The number of aromatic nitrogens is 2. The van der Waals surface area contributed by atoms with E-state index in [9.17, 15) is 9.59 Å². The quantitative estimate of drug-likeness (QED) is 0.186. The SMILES string of the molecule is NN/C=C(\N)CCCC(=O)N1CCC([C@@H]2CCNc3c(C(N)=O)c(-c4ccc(Oc5ccccc5)cc4)nn32)CC1. The number of benzene rings is 2. The summed E-state index contributed by atoms with van der Waals surface area (Å²) in [5.41, 5.74) is 16.5. The maximum atomic E-state index is 12.8. The van der Waals surface area contributed by atoms with Crippen molar-refractivity contribution in [2.24, 2.45) is 23.2 Å². The van der Waals surface area contributed by atoms with E-state index in [2.05, 4.69) is 10.7 Å². The van der Waals surface area contributed by atoms with Crippen LogP contribution in [0.5, 0.6) is 11.5 Å². The molecule has 3 heterocycles. The van der Waals surface area contributed by atoms with E-state index in [1.54, 1.807) is 6.20 Å². The van der Waals surface area contributed by atoms with E-state index in [1.807, 2.05) is 64.2 Å². The Labute approximate surface area is 239 Å². The van der Waals surface area contributed by atoms with Crippen LogP contribution in [0.3, 0.4) is 0 Å². The van der Waals surface area contributed by atoms with Gasteiger partial charge in [-0.05, 0) is 74.4 Å². The summed E-state index contributed by atoms with van der Waals surface area (Å²) < 4.78 is 7.87. The van der Waals surface area contributed by atoms with Crippen molar-refractivity contribution < 1.29 is 14.3 Å². The van der Waals surface area contributed by atoms with Crippen LogP contribution >= 0.6 is 0 Å². The Bertz CT molecular complexity index is 1380. The normalized spacial score (nSPS) is 17.4. The molecule has 5 rings (SSSR count). The third kappa shape index (κ3) is 6.46. The number of primary amides is 1.